The van der Waals surface area contributed by atoms with Crippen LogP contribution in [0.1, 0.15) is 33.7 Å². The van der Waals surface area contributed by atoms with Gasteiger partial charge in [-0.25, -0.2) is 4.79 Å². The number of ether oxygens (including phenoxy) is 4. The fraction of sp³-hybridized carbons (Fsp3) is 0.152. The Morgan fingerprint density at radius 2 is 1.71 bits per heavy atom. The summed E-state index contributed by atoms with van der Waals surface area (Å²) >= 11 is 12.3. The van der Waals surface area contributed by atoms with E-state index >= 15 is 0 Å². The third-order valence-corrected chi connectivity index (χ3v) is 7.35. The Morgan fingerprint density at radius 1 is 0.952 bits per heavy atom. The van der Waals surface area contributed by atoms with Crippen LogP contribution in [0.15, 0.2) is 90.3 Å². The molecule has 1 aliphatic rings. The van der Waals surface area contributed by atoms with Gasteiger partial charge in [0.25, 0.3) is 0 Å². The van der Waals surface area contributed by atoms with Gasteiger partial charge in [0.2, 0.25) is 5.88 Å². The molecule has 0 spiro atoms. The normalized spacial score (nSPS) is 13.9. The van der Waals surface area contributed by atoms with Gasteiger partial charge >= 0.3 is 5.97 Å². The van der Waals surface area contributed by atoms with Crippen molar-refractivity contribution in [3.63, 3.8) is 0 Å². The summed E-state index contributed by atoms with van der Waals surface area (Å²) in [6.45, 7) is 3.79. The van der Waals surface area contributed by atoms with Gasteiger partial charge < -0.3 is 24.7 Å². The maximum Gasteiger partial charge on any atom is 0.349 e. The minimum Gasteiger partial charge on any atom is -0.489 e. The number of carbonyl (C=O) groups excluding carboxylic acids is 1. The molecule has 4 aromatic rings. The lowest BCUT2D eigenvalue weighted by Gasteiger charge is -2.27. The Hall–Kier alpha value is -4.64. The minimum absolute atomic E-state index is 0.0314. The third-order valence-electron chi connectivity index (χ3n) is 6.77. The number of nitriles is 1. The summed E-state index contributed by atoms with van der Waals surface area (Å²) < 4.78 is 23.0. The highest BCUT2D eigenvalue weighted by Gasteiger charge is 2.31. The Morgan fingerprint density at radius 3 is 2.45 bits per heavy atom. The Balaban J connectivity index is 1.35. The van der Waals surface area contributed by atoms with Crippen molar-refractivity contribution in [2.45, 2.75) is 26.4 Å². The number of nitrogens with zero attached hydrogens (tertiary/aromatic N) is 1. The first-order chi connectivity index (χ1) is 20.2. The Bertz CT molecular complexity index is 1720. The van der Waals surface area contributed by atoms with E-state index in [4.69, 9.17) is 47.9 Å². The molecule has 0 saturated heterocycles. The fourth-order valence-electron chi connectivity index (χ4n) is 4.74. The Kier molecular flexibility index (Phi) is 8.58. The van der Waals surface area contributed by atoms with Gasteiger partial charge in [0.1, 0.15) is 41.2 Å². The first-order valence-corrected chi connectivity index (χ1v) is 13.8. The van der Waals surface area contributed by atoms with Crippen molar-refractivity contribution in [1.29, 1.82) is 5.26 Å². The summed E-state index contributed by atoms with van der Waals surface area (Å²) in [6.07, 6.45) is 0. The average Bonchev–Trinajstić information content (AvgIpc) is 2.96. The lowest BCUT2D eigenvalue weighted by atomic mass is 9.83. The molecule has 42 heavy (non-hydrogen) atoms. The molecule has 7 nitrogen and oxygen atoms in total. The fourth-order valence-corrected chi connectivity index (χ4v) is 5.21. The maximum atomic E-state index is 12.6. The van der Waals surface area contributed by atoms with Crippen molar-refractivity contribution < 1.29 is 23.7 Å². The molecule has 1 atom stereocenters. The molecular formula is C33H26Cl2N2O5. The van der Waals surface area contributed by atoms with Crippen LogP contribution in [-0.4, -0.2) is 12.6 Å². The van der Waals surface area contributed by atoms with E-state index < -0.39 is 11.9 Å². The quantitative estimate of drug-likeness (QED) is 0.166. The summed E-state index contributed by atoms with van der Waals surface area (Å²) in [4.78, 5) is 12.6. The van der Waals surface area contributed by atoms with E-state index in [2.05, 4.69) is 6.07 Å². The number of hydrogen-bond donors (Lipinski definition) is 1. The summed E-state index contributed by atoms with van der Waals surface area (Å²) in [7, 11) is 0. The van der Waals surface area contributed by atoms with Crippen LogP contribution in [0, 0.1) is 25.2 Å². The summed E-state index contributed by atoms with van der Waals surface area (Å²) in [5.74, 6) is 0.725. The van der Waals surface area contributed by atoms with Crippen molar-refractivity contribution in [2.24, 2.45) is 5.73 Å². The number of aryl methyl sites for hydroxylation is 2. The lowest BCUT2D eigenvalue weighted by molar-refractivity contribution is -0.136. The molecule has 0 bridgehead atoms. The summed E-state index contributed by atoms with van der Waals surface area (Å²) in [6, 6.07) is 25.5. The Labute approximate surface area is 253 Å². The summed E-state index contributed by atoms with van der Waals surface area (Å²) in [5, 5.41) is 11.0. The third kappa shape index (κ3) is 6.31. The zero-order valence-electron chi connectivity index (χ0n) is 22.8. The molecule has 0 radical (unpaired) electrons. The molecule has 1 unspecified atom stereocenters. The van der Waals surface area contributed by atoms with Crippen LogP contribution in [0.25, 0.3) is 0 Å². The maximum absolute atomic E-state index is 12.6. The van der Waals surface area contributed by atoms with Gasteiger partial charge in [0.05, 0.1) is 5.92 Å². The van der Waals surface area contributed by atoms with E-state index in [-0.39, 0.29) is 30.4 Å². The van der Waals surface area contributed by atoms with Gasteiger partial charge in [-0.1, -0.05) is 65.7 Å². The molecule has 0 aromatic heterocycles. The van der Waals surface area contributed by atoms with Crippen LogP contribution >= 0.6 is 23.2 Å². The number of nitrogens with two attached hydrogens (primary N) is 1. The molecule has 1 heterocycles. The van der Waals surface area contributed by atoms with Gasteiger partial charge in [-0.05, 0) is 60.9 Å². The standard InChI is InChI=1S/C33H26Cl2N2O5/c1-19-5-3-6-20(2)32(19)40-18-30(38)41-25-11-12-26-29(15-25)42-33(37)27(16-36)31(26)21-7-4-8-24(13-21)39-17-22-9-10-23(34)14-28(22)35/h3-15,31H,17-18,37H2,1-2H3. The van der Waals surface area contributed by atoms with Crippen molar-refractivity contribution in [2.75, 3.05) is 6.61 Å². The number of hydrogen-bond acceptors (Lipinski definition) is 7. The van der Waals surface area contributed by atoms with E-state index in [1.165, 1.54) is 0 Å². The lowest BCUT2D eigenvalue weighted by Crippen LogP contribution is -2.22. The van der Waals surface area contributed by atoms with Crippen LogP contribution in [-0.2, 0) is 11.4 Å². The average molecular weight is 601 g/mol. The highest BCUT2D eigenvalue weighted by molar-refractivity contribution is 6.35. The number of fused-ring (bicyclic) bond motifs is 1. The largest absolute Gasteiger partial charge is 0.489 e. The van der Waals surface area contributed by atoms with Crippen LogP contribution in [0.4, 0.5) is 0 Å². The van der Waals surface area contributed by atoms with Crippen molar-refractivity contribution in [3.05, 3.63) is 128 Å². The van der Waals surface area contributed by atoms with Gasteiger partial charge in [-0.3, -0.25) is 0 Å². The second-order valence-electron chi connectivity index (χ2n) is 9.71. The van der Waals surface area contributed by atoms with E-state index in [0.717, 1.165) is 22.3 Å². The highest BCUT2D eigenvalue weighted by Crippen LogP contribution is 2.44. The van der Waals surface area contributed by atoms with Crippen LogP contribution < -0.4 is 24.7 Å². The topological polar surface area (TPSA) is 104 Å². The van der Waals surface area contributed by atoms with Crippen LogP contribution in [0.5, 0.6) is 23.0 Å². The molecule has 9 heteroatoms. The second-order valence-corrected chi connectivity index (χ2v) is 10.5. The number of allylic oxidation sites excluding steroid dienone is 1. The highest BCUT2D eigenvalue weighted by atomic mass is 35.5. The number of carbonyl (C=O) groups is 1. The molecule has 5 rings (SSSR count). The number of esters is 1. The molecule has 0 aliphatic carbocycles. The minimum atomic E-state index is -0.572. The van der Waals surface area contributed by atoms with E-state index in [1.807, 2.05) is 56.3 Å². The first kappa shape index (κ1) is 28.9. The van der Waals surface area contributed by atoms with Crippen molar-refractivity contribution in [3.8, 4) is 29.1 Å². The first-order valence-electron chi connectivity index (χ1n) is 13.0. The smallest absolute Gasteiger partial charge is 0.349 e. The number of rotatable bonds is 8. The SMILES string of the molecule is Cc1cccc(C)c1OCC(=O)Oc1ccc2c(c1)OC(N)=C(C#N)C2c1cccc(OCc2ccc(Cl)cc2Cl)c1. The van der Waals surface area contributed by atoms with Gasteiger partial charge in [-0.2, -0.15) is 5.26 Å². The molecule has 0 amide bonds. The number of para-hydroxylation sites is 1. The van der Waals surface area contributed by atoms with E-state index in [9.17, 15) is 10.1 Å². The van der Waals surface area contributed by atoms with Crippen LogP contribution in [0.2, 0.25) is 10.0 Å². The molecular weight excluding hydrogens is 575 g/mol. The number of benzene rings is 4. The molecule has 1 aliphatic heterocycles. The molecule has 0 fully saturated rings. The predicted octanol–water partition coefficient (Wildman–Crippen LogP) is 7.39. The second kappa shape index (κ2) is 12.5. The zero-order valence-corrected chi connectivity index (χ0v) is 24.3. The number of halogens is 2. The van der Waals surface area contributed by atoms with Crippen molar-refractivity contribution in [1.82, 2.24) is 0 Å². The van der Waals surface area contributed by atoms with Gasteiger partial charge in [0, 0.05) is 27.2 Å². The predicted molar refractivity (Wildman–Crippen MR) is 160 cm³/mol. The molecule has 4 aromatic carbocycles. The molecule has 0 saturated carbocycles. The monoisotopic (exact) mass is 600 g/mol. The van der Waals surface area contributed by atoms with Gasteiger partial charge in [-0.15, -0.1) is 0 Å². The van der Waals surface area contributed by atoms with Crippen molar-refractivity contribution >= 4 is 29.2 Å². The van der Waals surface area contributed by atoms with Crippen LogP contribution in [0.3, 0.4) is 0 Å². The van der Waals surface area contributed by atoms with Gasteiger partial charge in [0.15, 0.2) is 6.61 Å². The molecule has 212 valence electrons. The molecule has 2 N–H and O–H groups in total. The van der Waals surface area contributed by atoms with E-state index in [1.54, 1.807) is 36.4 Å². The zero-order chi connectivity index (χ0) is 29.8. The summed E-state index contributed by atoms with van der Waals surface area (Å²) in [5.41, 5.74) is 10.5. The van der Waals surface area contributed by atoms with E-state index in [0.29, 0.717) is 32.9 Å².